The fourth-order valence-corrected chi connectivity index (χ4v) is 2.01. The maximum absolute atomic E-state index is 11.0. The molecule has 20 heavy (non-hydrogen) atoms. The summed E-state index contributed by atoms with van der Waals surface area (Å²) in [6.07, 6.45) is 0. The van der Waals surface area contributed by atoms with Crippen molar-refractivity contribution >= 4 is 17.3 Å². The summed E-state index contributed by atoms with van der Waals surface area (Å²) in [7, 11) is 0. The molecular formula is C12H11N3O5. The number of carbonyl (C=O) groups is 1. The van der Waals surface area contributed by atoms with Gasteiger partial charge < -0.3 is 15.2 Å². The van der Waals surface area contributed by atoms with Crippen molar-refractivity contribution in [2.24, 2.45) is 5.92 Å². The first-order valence-corrected chi connectivity index (χ1v) is 5.78. The van der Waals surface area contributed by atoms with E-state index in [0.717, 1.165) is 6.07 Å². The van der Waals surface area contributed by atoms with Crippen molar-refractivity contribution < 1.29 is 19.6 Å². The molecule has 1 aromatic carbocycles. The number of nitro benzene ring substituents is 1. The van der Waals surface area contributed by atoms with E-state index in [9.17, 15) is 14.9 Å². The zero-order chi connectivity index (χ0) is 14.7. The van der Waals surface area contributed by atoms with Crippen molar-refractivity contribution in [3.8, 4) is 6.07 Å². The second kappa shape index (κ2) is 5.54. The third-order valence-electron chi connectivity index (χ3n) is 3.06. The highest BCUT2D eigenvalue weighted by Crippen LogP contribution is 2.28. The minimum atomic E-state index is -1.02. The number of nitriles is 1. The number of benzene rings is 1. The number of ether oxygens (including phenoxy) is 1. The zero-order valence-electron chi connectivity index (χ0n) is 10.3. The van der Waals surface area contributed by atoms with Crippen molar-refractivity contribution in [1.29, 1.82) is 5.26 Å². The third kappa shape index (κ3) is 2.67. The topological polar surface area (TPSA) is 125 Å². The highest BCUT2D eigenvalue weighted by atomic mass is 16.6. The summed E-state index contributed by atoms with van der Waals surface area (Å²) in [6.45, 7) is 0.227. The SMILES string of the molecule is N#Cc1ccc(NC2COCC2C(=O)O)c([N+](=O)[O-])c1. The summed E-state index contributed by atoms with van der Waals surface area (Å²) in [5, 5.41) is 31.6. The Morgan fingerprint density at radius 1 is 1.55 bits per heavy atom. The molecule has 0 saturated carbocycles. The van der Waals surface area contributed by atoms with Crippen LogP contribution in [0.5, 0.6) is 0 Å². The van der Waals surface area contributed by atoms with Gasteiger partial charge in [0.1, 0.15) is 11.6 Å². The second-order valence-electron chi connectivity index (χ2n) is 4.33. The van der Waals surface area contributed by atoms with Crippen LogP contribution >= 0.6 is 0 Å². The number of nitrogens with zero attached hydrogens (tertiary/aromatic N) is 2. The van der Waals surface area contributed by atoms with Crippen molar-refractivity contribution in [1.82, 2.24) is 0 Å². The van der Waals surface area contributed by atoms with Gasteiger partial charge in [-0.2, -0.15) is 5.26 Å². The molecule has 1 aliphatic rings. The number of nitro groups is 1. The summed E-state index contributed by atoms with van der Waals surface area (Å²) in [6, 6.07) is 5.25. The molecular weight excluding hydrogens is 266 g/mol. The monoisotopic (exact) mass is 277 g/mol. The Morgan fingerprint density at radius 2 is 2.30 bits per heavy atom. The second-order valence-corrected chi connectivity index (χ2v) is 4.33. The fourth-order valence-electron chi connectivity index (χ4n) is 2.01. The van der Waals surface area contributed by atoms with E-state index in [1.54, 1.807) is 0 Å². The Bertz CT molecular complexity index is 595. The van der Waals surface area contributed by atoms with Gasteiger partial charge in [-0.15, -0.1) is 0 Å². The van der Waals surface area contributed by atoms with Crippen LogP contribution in [0.1, 0.15) is 5.56 Å². The van der Waals surface area contributed by atoms with E-state index < -0.39 is 22.9 Å². The Balaban J connectivity index is 2.27. The molecule has 104 valence electrons. The molecule has 8 heteroatoms. The summed E-state index contributed by atoms with van der Waals surface area (Å²) in [5.41, 5.74) is 0.0792. The average molecular weight is 277 g/mol. The largest absolute Gasteiger partial charge is 0.481 e. The normalized spacial score (nSPS) is 21.1. The number of carboxylic acid groups (broad SMARTS) is 1. The van der Waals surface area contributed by atoms with Gasteiger partial charge in [0.15, 0.2) is 0 Å². The Hall–Kier alpha value is -2.66. The molecule has 2 atom stereocenters. The van der Waals surface area contributed by atoms with Crippen LogP contribution in [0, 0.1) is 27.4 Å². The standard InChI is InChI=1S/C12H11N3O5/c13-4-7-1-2-9(11(3-7)15(18)19)14-10-6-20-5-8(10)12(16)17/h1-3,8,10,14H,5-6H2,(H,16,17). The number of anilines is 1. The Kier molecular flexibility index (Phi) is 3.81. The van der Waals surface area contributed by atoms with Crippen molar-refractivity contribution in [3.05, 3.63) is 33.9 Å². The lowest BCUT2D eigenvalue weighted by molar-refractivity contribution is -0.384. The molecule has 1 aromatic rings. The van der Waals surface area contributed by atoms with Gasteiger partial charge in [-0.3, -0.25) is 14.9 Å². The smallest absolute Gasteiger partial charge is 0.311 e. The molecule has 0 aromatic heterocycles. The highest BCUT2D eigenvalue weighted by molar-refractivity contribution is 5.73. The van der Waals surface area contributed by atoms with Crippen LogP contribution in [-0.2, 0) is 9.53 Å². The van der Waals surface area contributed by atoms with E-state index in [4.69, 9.17) is 15.1 Å². The molecule has 2 rings (SSSR count). The van der Waals surface area contributed by atoms with Crippen LogP contribution in [0.15, 0.2) is 18.2 Å². The van der Waals surface area contributed by atoms with Crippen LogP contribution in [0.25, 0.3) is 0 Å². The molecule has 0 amide bonds. The first-order valence-electron chi connectivity index (χ1n) is 5.78. The van der Waals surface area contributed by atoms with Crippen LogP contribution in [0.3, 0.4) is 0 Å². The predicted octanol–water partition coefficient (Wildman–Crippen LogP) is 0.978. The van der Waals surface area contributed by atoms with E-state index in [2.05, 4.69) is 5.32 Å². The van der Waals surface area contributed by atoms with E-state index in [1.165, 1.54) is 12.1 Å². The predicted molar refractivity (Wildman–Crippen MR) is 67.2 cm³/mol. The molecule has 8 nitrogen and oxygen atoms in total. The first-order chi connectivity index (χ1) is 9.52. The highest BCUT2D eigenvalue weighted by Gasteiger charge is 2.35. The van der Waals surface area contributed by atoms with Crippen LogP contribution in [-0.4, -0.2) is 35.3 Å². The maximum Gasteiger partial charge on any atom is 0.311 e. The van der Waals surface area contributed by atoms with Gasteiger partial charge in [0.25, 0.3) is 5.69 Å². The number of aliphatic carboxylic acids is 1. The average Bonchev–Trinajstić information content (AvgIpc) is 2.87. The third-order valence-corrected chi connectivity index (χ3v) is 3.06. The number of carboxylic acids is 1. The van der Waals surface area contributed by atoms with Crippen molar-refractivity contribution in [3.63, 3.8) is 0 Å². The van der Waals surface area contributed by atoms with E-state index >= 15 is 0 Å². The van der Waals surface area contributed by atoms with Gasteiger partial charge >= 0.3 is 5.97 Å². The lowest BCUT2D eigenvalue weighted by atomic mass is 10.0. The van der Waals surface area contributed by atoms with Gasteiger partial charge in [-0.25, -0.2) is 0 Å². The van der Waals surface area contributed by atoms with E-state index in [-0.39, 0.29) is 30.2 Å². The fraction of sp³-hybridized carbons (Fsp3) is 0.333. The Labute approximate surface area is 113 Å². The van der Waals surface area contributed by atoms with Gasteiger partial charge in [0, 0.05) is 6.07 Å². The number of nitrogens with one attached hydrogen (secondary N) is 1. The lowest BCUT2D eigenvalue weighted by Gasteiger charge is -2.16. The van der Waals surface area contributed by atoms with Crippen molar-refractivity contribution in [2.45, 2.75) is 6.04 Å². The van der Waals surface area contributed by atoms with Crippen LogP contribution in [0.2, 0.25) is 0 Å². The molecule has 1 aliphatic heterocycles. The molecule has 0 spiro atoms. The molecule has 2 unspecified atom stereocenters. The van der Waals surface area contributed by atoms with Gasteiger partial charge in [0.05, 0.1) is 35.8 Å². The Morgan fingerprint density at radius 3 is 2.90 bits per heavy atom. The summed E-state index contributed by atoms with van der Waals surface area (Å²) < 4.78 is 5.08. The molecule has 0 bridgehead atoms. The van der Waals surface area contributed by atoms with Crippen LogP contribution < -0.4 is 5.32 Å². The molecule has 1 fully saturated rings. The van der Waals surface area contributed by atoms with Crippen LogP contribution in [0.4, 0.5) is 11.4 Å². The quantitative estimate of drug-likeness (QED) is 0.620. The zero-order valence-corrected chi connectivity index (χ0v) is 10.3. The summed E-state index contributed by atoms with van der Waals surface area (Å²) in [4.78, 5) is 21.4. The van der Waals surface area contributed by atoms with Crippen molar-refractivity contribution in [2.75, 3.05) is 18.5 Å². The minimum absolute atomic E-state index is 0.0665. The molecule has 0 aliphatic carbocycles. The summed E-state index contributed by atoms with van der Waals surface area (Å²) in [5.74, 6) is -1.78. The number of hydrogen-bond donors (Lipinski definition) is 2. The minimum Gasteiger partial charge on any atom is -0.481 e. The van der Waals surface area contributed by atoms with Gasteiger partial charge in [-0.05, 0) is 12.1 Å². The van der Waals surface area contributed by atoms with Gasteiger partial charge in [0.2, 0.25) is 0 Å². The maximum atomic E-state index is 11.0. The molecule has 2 N–H and O–H groups in total. The number of rotatable bonds is 4. The molecule has 1 saturated heterocycles. The summed E-state index contributed by atoms with van der Waals surface area (Å²) >= 11 is 0. The number of hydrogen-bond acceptors (Lipinski definition) is 6. The first kappa shape index (κ1) is 13.8. The lowest BCUT2D eigenvalue weighted by Crippen LogP contribution is -2.33. The molecule has 1 heterocycles. The van der Waals surface area contributed by atoms with E-state index in [0.29, 0.717) is 0 Å². The molecule has 0 radical (unpaired) electrons. The van der Waals surface area contributed by atoms with E-state index in [1.807, 2.05) is 6.07 Å². The van der Waals surface area contributed by atoms with Gasteiger partial charge in [-0.1, -0.05) is 0 Å².